The maximum atomic E-state index is 14.0. The Morgan fingerprint density at radius 2 is 1.76 bits per heavy atom. The van der Waals surface area contributed by atoms with Gasteiger partial charge in [0, 0.05) is 18.7 Å². The lowest BCUT2D eigenvalue weighted by molar-refractivity contribution is 0.102. The molecule has 0 saturated carbocycles. The van der Waals surface area contributed by atoms with Crippen LogP contribution in [0.2, 0.25) is 0 Å². The van der Waals surface area contributed by atoms with Crippen LogP contribution in [0.15, 0.2) is 41.3 Å². The van der Waals surface area contributed by atoms with E-state index in [4.69, 9.17) is 4.74 Å². The quantitative estimate of drug-likeness (QED) is 0.794. The topological polar surface area (TPSA) is 75.7 Å². The van der Waals surface area contributed by atoms with Crippen LogP contribution in [0.25, 0.3) is 0 Å². The lowest BCUT2D eigenvalue weighted by Crippen LogP contribution is -2.32. The predicted octanol–water partition coefficient (Wildman–Crippen LogP) is 3.96. The second-order valence-corrected chi connectivity index (χ2v) is 9.03. The molecule has 0 aliphatic carbocycles. The molecule has 1 fully saturated rings. The minimum absolute atomic E-state index is 0.0442. The van der Waals surface area contributed by atoms with Gasteiger partial charge in [0.2, 0.25) is 10.0 Å². The van der Waals surface area contributed by atoms with Gasteiger partial charge in [-0.05, 0) is 55.7 Å². The van der Waals surface area contributed by atoms with Gasteiger partial charge in [-0.2, -0.15) is 4.31 Å². The van der Waals surface area contributed by atoms with Crippen molar-refractivity contribution in [2.45, 2.75) is 37.5 Å². The summed E-state index contributed by atoms with van der Waals surface area (Å²) in [5, 5.41) is 2.51. The molecule has 0 bridgehead atoms. The molecular weight excluding hydrogens is 395 g/mol. The fourth-order valence-electron chi connectivity index (χ4n) is 3.37. The lowest BCUT2D eigenvalue weighted by atomic mass is 10.1. The Morgan fingerprint density at radius 1 is 1.07 bits per heavy atom. The van der Waals surface area contributed by atoms with Gasteiger partial charge in [-0.3, -0.25) is 4.79 Å². The van der Waals surface area contributed by atoms with Gasteiger partial charge in [0.15, 0.2) is 0 Å². The summed E-state index contributed by atoms with van der Waals surface area (Å²) in [6.07, 6.45) is 3.59. The van der Waals surface area contributed by atoms with Crippen LogP contribution in [-0.4, -0.2) is 38.8 Å². The highest BCUT2D eigenvalue weighted by atomic mass is 32.2. The maximum absolute atomic E-state index is 14.0. The summed E-state index contributed by atoms with van der Waals surface area (Å²) in [5.41, 5.74) is 0.948. The van der Waals surface area contributed by atoms with E-state index >= 15 is 0 Å². The zero-order valence-corrected chi connectivity index (χ0v) is 17.4. The Kier molecular flexibility index (Phi) is 6.54. The molecule has 1 amide bonds. The summed E-state index contributed by atoms with van der Waals surface area (Å²) in [7, 11) is -2.43. The van der Waals surface area contributed by atoms with Crippen LogP contribution < -0.4 is 10.1 Å². The van der Waals surface area contributed by atoms with Crippen molar-refractivity contribution in [3.8, 4) is 5.75 Å². The third-order valence-corrected chi connectivity index (χ3v) is 6.90. The van der Waals surface area contributed by atoms with Crippen LogP contribution in [0.4, 0.5) is 10.1 Å². The van der Waals surface area contributed by atoms with Gasteiger partial charge in [-0.25, -0.2) is 12.8 Å². The van der Waals surface area contributed by atoms with Crippen molar-refractivity contribution >= 4 is 21.6 Å². The zero-order chi connectivity index (χ0) is 21.0. The van der Waals surface area contributed by atoms with Crippen molar-refractivity contribution < 1.29 is 22.3 Å². The van der Waals surface area contributed by atoms with E-state index in [-0.39, 0.29) is 21.9 Å². The van der Waals surface area contributed by atoms with Crippen molar-refractivity contribution in [2.24, 2.45) is 0 Å². The summed E-state index contributed by atoms with van der Waals surface area (Å²) >= 11 is 0. The molecule has 1 saturated heterocycles. The van der Waals surface area contributed by atoms with E-state index in [0.29, 0.717) is 13.1 Å². The van der Waals surface area contributed by atoms with Crippen molar-refractivity contribution in [1.29, 1.82) is 0 Å². The summed E-state index contributed by atoms with van der Waals surface area (Å²) in [5.74, 6) is -0.980. The first kappa shape index (κ1) is 21.3. The second-order valence-electron chi connectivity index (χ2n) is 7.12. The number of halogens is 1. The number of benzene rings is 2. The number of nitrogens with one attached hydrogen (secondary N) is 1. The number of carbonyl (C=O) groups is 1. The van der Waals surface area contributed by atoms with Crippen LogP contribution in [0.5, 0.6) is 5.75 Å². The fourth-order valence-corrected chi connectivity index (χ4v) is 5.07. The summed E-state index contributed by atoms with van der Waals surface area (Å²) in [4.78, 5) is 12.6. The van der Waals surface area contributed by atoms with Gasteiger partial charge < -0.3 is 10.1 Å². The van der Waals surface area contributed by atoms with E-state index in [1.807, 2.05) is 0 Å². The molecule has 0 radical (unpaired) electrons. The molecule has 8 heteroatoms. The molecule has 0 aromatic heterocycles. The molecule has 1 aliphatic heterocycles. The molecule has 1 heterocycles. The van der Waals surface area contributed by atoms with Gasteiger partial charge in [0.1, 0.15) is 16.5 Å². The second kappa shape index (κ2) is 8.92. The Hall–Kier alpha value is -2.45. The van der Waals surface area contributed by atoms with Gasteiger partial charge >= 0.3 is 0 Å². The average Bonchev–Trinajstić information content (AvgIpc) is 3.00. The smallest absolute Gasteiger partial charge is 0.255 e. The monoisotopic (exact) mass is 420 g/mol. The number of aryl methyl sites for hydroxylation is 1. The first-order valence-corrected chi connectivity index (χ1v) is 11.0. The van der Waals surface area contributed by atoms with Gasteiger partial charge in [0.05, 0.1) is 12.8 Å². The van der Waals surface area contributed by atoms with Crippen molar-refractivity contribution in [1.82, 2.24) is 4.31 Å². The van der Waals surface area contributed by atoms with Crippen molar-refractivity contribution in [2.75, 3.05) is 25.5 Å². The highest BCUT2D eigenvalue weighted by Gasteiger charge is 2.29. The number of nitrogens with zero attached hydrogens (tertiary/aromatic N) is 1. The highest BCUT2D eigenvalue weighted by Crippen LogP contribution is 2.30. The third-order valence-electron chi connectivity index (χ3n) is 4.98. The van der Waals surface area contributed by atoms with Gasteiger partial charge in [-0.15, -0.1) is 0 Å². The van der Waals surface area contributed by atoms with Crippen LogP contribution >= 0.6 is 0 Å². The number of rotatable bonds is 5. The lowest BCUT2D eigenvalue weighted by Gasteiger charge is -2.21. The van der Waals surface area contributed by atoms with E-state index in [2.05, 4.69) is 5.32 Å². The van der Waals surface area contributed by atoms with E-state index in [1.165, 1.54) is 41.7 Å². The summed E-state index contributed by atoms with van der Waals surface area (Å²) < 4.78 is 47.1. The van der Waals surface area contributed by atoms with E-state index in [0.717, 1.165) is 31.2 Å². The largest absolute Gasteiger partial charge is 0.495 e. The molecule has 29 heavy (non-hydrogen) atoms. The number of carbonyl (C=O) groups excluding carboxylic acids is 1. The molecular formula is C21H25FN2O4S. The molecule has 2 aromatic carbocycles. The summed E-state index contributed by atoms with van der Waals surface area (Å²) in [6.45, 7) is 2.67. The number of hydrogen-bond donors (Lipinski definition) is 1. The Balaban J connectivity index is 1.94. The van der Waals surface area contributed by atoms with Crippen LogP contribution in [-0.2, 0) is 10.0 Å². The fraction of sp³-hybridized carbons (Fsp3) is 0.381. The normalized spacial score (nSPS) is 15.6. The van der Waals surface area contributed by atoms with Crippen LogP contribution in [0, 0.1) is 12.7 Å². The molecule has 2 aromatic rings. The number of ether oxygens (including phenoxy) is 1. The van der Waals surface area contributed by atoms with Crippen molar-refractivity contribution in [3.63, 3.8) is 0 Å². The standard InChI is InChI=1S/C21H25FN2O4S/c1-15-7-9-17(22)18(13-15)23-21(25)16-8-10-19(28-2)20(14-16)29(26,27)24-11-5-3-4-6-12-24/h7-10,13-14H,3-6,11-12H2,1-2H3,(H,23,25). The Morgan fingerprint density at radius 3 is 2.41 bits per heavy atom. The van der Waals surface area contributed by atoms with E-state index in [9.17, 15) is 17.6 Å². The number of hydrogen-bond acceptors (Lipinski definition) is 4. The molecule has 156 valence electrons. The zero-order valence-electron chi connectivity index (χ0n) is 16.6. The average molecular weight is 421 g/mol. The minimum atomic E-state index is -3.82. The molecule has 1 N–H and O–H groups in total. The number of sulfonamides is 1. The molecule has 0 spiro atoms. The Bertz CT molecular complexity index is 1000. The third kappa shape index (κ3) is 4.76. The van der Waals surface area contributed by atoms with Gasteiger partial charge in [-0.1, -0.05) is 18.9 Å². The molecule has 3 rings (SSSR count). The maximum Gasteiger partial charge on any atom is 0.255 e. The first-order chi connectivity index (χ1) is 13.8. The highest BCUT2D eigenvalue weighted by molar-refractivity contribution is 7.89. The number of anilines is 1. The molecule has 0 atom stereocenters. The molecule has 0 unspecified atom stereocenters. The van der Waals surface area contributed by atoms with Crippen LogP contribution in [0.1, 0.15) is 41.6 Å². The predicted molar refractivity (Wildman–Crippen MR) is 109 cm³/mol. The summed E-state index contributed by atoms with van der Waals surface area (Å²) in [6, 6.07) is 8.60. The van der Waals surface area contributed by atoms with E-state index < -0.39 is 21.7 Å². The van der Waals surface area contributed by atoms with E-state index in [1.54, 1.807) is 13.0 Å². The van der Waals surface area contributed by atoms with Crippen molar-refractivity contribution in [3.05, 3.63) is 53.3 Å². The van der Waals surface area contributed by atoms with Gasteiger partial charge in [0.25, 0.3) is 5.91 Å². The first-order valence-electron chi connectivity index (χ1n) is 9.58. The molecule has 1 aliphatic rings. The van der Waals surface area contributed by atoms with Crippen LogP contribution in [0.3, 0.4) is 0 Å². The Labute approximate surface area is 170 Å². The molecule has 6 nitrogen and oxygen atoms in total. The number of amides is 1. The number of methoxy groups -OCH3 is 1. The minimum Gasteiger partial charge on any atom is -0.495 e. The SMILES string of the molecule is COc1ccc(C(=O)Nc2cc(C)ccc2F)cc1S(=O)(=O)N1CCCCCC1.